The monoisotopic (exact) mass is 283 g/mol. The van der Waals surface area contributed by atoms with Gasteiger partial charge in [0, 0.05) is 18.6 Å². The fourth-order valence-electron chi connectivity index (χ4n) is 2.73. The fraction of sp³-hybridized carbons (Fsp3) is 0.909. The number of nitrogens with one attached hydrogen (secondary N) is 1. The van der Waals surface area contributed by atoms with Crippen molar-refractivity contribution in [2.45, 2.75) is 50.7 Å². The average Bonchev–Trinajstić information content (AvgIpc) is 2.62. The molecule has 3 N–H and O–H groups in total. The van der Waals surface area contributed by atoms with Crippen molar-refractivity contribution in [3.63, 3.8) is 0 Å². The van der Waals surface area contributed by atoms with Gasteiger partial charge in [-0.05, 0) is 32.7 Å². The van der Waals surface area contributed by atoms with Crippen LogP contribution in [-0.2, 0) is 4.79 Å². The van der Waals surface area contributed by atoms with Gasteiger partial charge in [-0.25, -0.2) is 0 Å². The summed E-state index contributed by atoms with van der Waals surface area (Å²) in [6, 6.07) is 0.521. The zero-order chi connectivity index (χ0) is 10.8. The Morgan fingerprint density at radius 3 is 2.65 bits per heavy atom. The van der Waals surface area contributed by atoms with Gasteiger partial charge in [0.2, 0.25) is 5.91 Å². The van der Waals surface area contributed by atoms with E-state index in [1.54, 1.807) is 6.92 Å². The minimum absolute atomic E-state index is 0. The van der Waals surface area contributed by atoms with Gasteiger partial charge in [0.25, 0.3) is 0 Å². The summed E-state index contributed by atoms with van der Waals surface area (Å²) in [5.41, 5.74) is 5.56. The van der Waals surface area contributed by atoms with E-state index in [2.05, 4.69) is 10.2 Å². The minimum Gasteiger partial charge on any atom is -0.350 e. The molecule has 2 heterocycles. The van der Waals surface area contributed by atoms with Crippen LogP contribution < -0.4 is 11.1 Å². The Morgan fingerprint density at radius 1 is 1.29 bits per heavy atom. The Balaban J connectivity index is 0.00000128. The van der Waals surface area contributed by atoms with Gasteiger partial charge in [0.15, 0.2) is 0 Å². The third kappa shape index (κ3) is 3.98. The molecule has 0 bridgehead atoms. The lowest BCUT2D eigenvalue weighted by Crippen LogP contribution is -2.50. The van der Waals surface area contributed by atoms with E-state index in [1.807, 2.05) is 0 Å². The van der Waals surface area contributed by atoms with E-state index in [0.29, 0.717) is 12.1 Å². The highest BCUT2D eigenvalue weighted by Crippen LogP contribution is 2.26. The predicted molar refractivity (Wildman–Crippen MR) is 73.9 cm³/mol. The minimum atomic E-state index is -0.386. The van der Waals surface area contributed by atoms with E-state index in [1.165, 1.54) is 25.8 Å². The highest BCUT2D eigenvalue weighted by atomic mass is 35.5. The molecular formula is C11H23Cl2N3O. The highest BCUT2D eigenvalue weighted by molar-refractivity contribution is 5.85. The third-order valence-corrected chi connectivity index (χ3v) is 3.60. The summed E-state index contributed by atoms with van der Waals surface area (Å²) in [6.07, 6.45) is 4.92. The van der Waals surface area contributed by atoms with Crippen LogP contribution in [0.3, 0.4) is 0 Å². The molecular weight excluding hydrogens is 261 g/mol. The van der Waals surface area contributed by atoms with E-state index in [0.717, 1.165) is 13.0 Å². The van der Waals surface area contributed by atoms with Gasteiger partial charge in [0.1, 0.15) is 0 Å². The highest BCUT2D eigenvalue weighted by Gasteiger charge is 2.36. The molecule has 3 unspecified atom stereocenters. The van der Waals surface area contributed by atoms with Gasteiger partial charge in [-0.2, -0.15) is 0 Å². The molecule has 3 atom stereocenters. The van der Waals surface area contributed by atoms with Crippen LogP contribution in [0.1, 0.15) is 32.6 Å². The Hall–Kier alpha value is -0.0300. The van der Waals surface area contributed by atoms with Gasteiger partial charge in [-0.15, -0.1) is 24.8 Å². The zero-order valence-electron chi connectivity index (χ0n) is 10.2. The molecule has 2 aliphatic heterocycles. The number of carbonyl (C=O) groups excluding carboxylic acids is 1. The van der Waals surface area contributed by atoms with E-state index in [4.69, 9.17) is 5.73 Å². The predicted octanol–water partition coefficient (Wildman–Crippen LogP) is 0.920. The molecule has 0 aromatic heterocycles. The SMILES string of the molecule is CC(N)C(=O)NC1CCN2CCCCC12.Cl.Cl. The molecule has 0 aliphatic carbocycles. The van der Waals surface area contributed by atoms with Gasteiger partial charge in [0.05, 0.1) is 6.04 Å². The van der Waals surface area contributed by atoms with Crippen LogP contribution >= 0.6 is 24.8 Å². The van der Waals surface area contributed by atoms with Crippen LogP contribution in [0, 0.1) is 0 Å². The largest absolute Gasteiger partial charge is 0.350 e. The van der Waals surface area contributed by atoms with E-state index in [9.17, 15) is 4.79 Å². The number of rotatable bonds is 2. The molecule has 0 saturated carbocycles. The first-order chi connectivity index (χ1) is 7.18. The lowest BCUT2D eigenvalue weighted by atomic mass is 9.99. The topological polar surface area (TPSA) is 58.4 Å². The van der Waals surface area contributed by atoms with Crippen molar-refractivity contribution in [2.75, 3.05) is 13.1 Å². The first-order valence-corrected chi connectivity index (χ1v) is 5.98. The number of fused-ring (bicyclic) bond motifs is 1. The number of amides is 1. The summed E-state index contributed by atoms with van der Waals surface area (Å²) in [7, 11) is 0. The van der Waals surface area contributed by atoms with Crippen LogP contribution in [0.4, 0.5) is 0 Å². The van der Waals surface area contributed by atoms with Crippen molar-refractivity contribution in [3.8, 4) is 0 Å². The van der Waals surface area contributed by atoms with Crippen LogP contribution in [0.2, 0.25) is 0 Å². The van der Waals surface area contributed by atoms with Gasteiger partial charge < -0.3 is 11.1 Å². The normalized spacial score (nSPS) is 29.5. The van der Waals surface area contributed by atoms with Crippen molar-refractivity contribution in [2.24, 2.45) is 5.73 Å². The molecule has 6 heteroatoms. The maximum Gasteiger partial charge on any atom is 0.236 e. The number of halogens is 2. The van der Waals surface area contributed by atoms with Crippen LogP contribution in [0.15, 0.2) is 0 Å². The van der Waals surface area contributed by atoms with Crippen molar-refractivity contribution < 1.29 is 4.79 Å². The summed E-state index contributed by atoms with van der Waals surface area (Å²) >= 11 is 0. The Bertz CT molecular complexity index is 251. The number of hydrogen-bond acceptors (Lipinski definition) is 3. The second-order valence-corrected chi connectivity index (χ2v) is 4.79. The second-order valence-electron chi connectivity index (χ2n) is 4.79. The molecule has 1 amide bonds. The van der Waals surface area contributed by atoms with Crippen LogP contribution in [0.5, 0.6) is 0 Å². The zero-order valence-corrected chi connectivity index (χ0v) is 11.9. The molecule has 0 radical (unpaired) electrons. The van der Waals surface area contributed by atoms with Crippen molar-refractivity contribution in [1.82, 2.24) is 10.2 Å². The summed E-state index contributed by atoms with van der Waals surface area (Å²) in [5, 5.41) is 3.07. The van der Waals surface area contributed by atoms with E-state index < -0.39 is 0 Å². The molecule has 2 saturated heterocycles. The number of nitrogens with two attached hydrogens (primary N) is 1. The van der Waals surface area contributed by atoms with Crippen molar-refractivity contribution in [3.05, 3.63) is 0 Å². The maximum absolute atomic E-state index is 11.5. The number of hydrogen-bond donors (Lipinski definition) is 2. The first kappa shape index (κ1) is 17.0. The van der Waals surface area contributed by atoms with Crippen molar-refractivity contribution >= 4 is 30.7 Å². The first-order valence-electron chi connectivity index (χ1n) is 5.98. The molecule has 2 rings (SSSR count). The number of piperidine rings is 1. The summed E-state index contributed by atoms with van der Waals surface area (Å²) < 4.78 is 0. The number of carbonyl (C=O) groups is 1. The van der Waals surface area contributed by atoms with Gasteiger partial charge in [-0.3, -0.25) is 9.69 Å². The van der Waals surface area contributed by atoms with E-state index in [-0.39, 0.29) is 36.8 Å². The fourth-order valence-corrected chi connectivity index (χ4v) is 2.73. The lowest BCUT2D eigenvalue weighted by molar-refractivity contribution is -0.122. The smallest absolute Gasteiger partial charge is 0.236 e. The molecule has 4 nitrogen and oxygen atoms in total. The molecule has 102 valence electrons. The molecule has 0 aromatic carbocycles. The van der Waals surface area contributed by atoms with Gasteiger partial charge in [-0.1, -0.05) is 6.42 Å². The van der Waals surface area contributed by atoms with Gasteiger partial charge >= 0.3 is 0 Å². The molecule has 0 aromatic rings. The maximum atomic E-state index is 11.5. The number of nitrogens with zero attached hydrogens (tertiary/aromatic N) is 1. The summed E-state index contributed by atoms with van der Waals surface area (Å²) in [4.78, 5) is 14.0. The molecule has 17 heavy (non-hydrogen) atoms. The molecule has 0 spiro atoms. The Labute approximate surface area is 115 Å². The standard InChI is InChI=1S/C11H21N3O.2ClH/c1-8(12)11(15)13-9-5-7-14-6-3-2-4-10(9)14;;/h8-10H,2-7,12H2,1H3,(H,13,15);2*1H. The lowest BCUT2D eigenvalue weighted by Gasteiger charge is -2.32. The van der Waals surface area contributed by atoms with Crippen LogP contribution in [-0.4, -0.2) is 42.0 Å². The Kier molecular flexibility index (Phi) is 7.40. The quantitative estimate of drug-likeness (QED) is 0.793. The second kappa shape index (κ2) is 7.41. The average molecular weight is 284 g/mol. The van der Waals surface area contributed by atoms with Crippen molar-refractivity contribution in [1.29, 1.82) is 0 Å². The summed E-state index contributed by atoms with van der Waals surface area (Å²) in [5.74, 6) is -0.00702. The van der Waals surface area contributed by atoms with E-state index >= 15 is 0 Å². The molecule has 2 fully saturated rings. The van der Waals surface area contributed by atoms with Crippen LogP contribution in [0.25, 0.3) is 0 Å². The Morgan fingerprint density at radius 2 is 2.00 bits per heavy atom. The summed E-state index contributed by atoms with van der Waals surface area (Å²) in [6.45, 7) is 4.08. The molecule has 2 aliphatic rings. The third-order valence-electron chi connectivity index (χ3n) is 3.60.